The number of halogens is 2. The molecule has 94 valence electrons. The van der Waals surface area contributed by atoms with Crippen LogP contribution in [0.1, 0.15) is 12.0 Å². The summed E-state index contributed by atoms with van der Waals surface area (Å²) in [5, 5.41) is 19.5. The van der Waals surface area contributed by atoms with E-state index in [0.29, 0.717) is 0 Å². The maximum absolute atomic E-state index is 13.4. The third kappa shape index (κ3) is 3.28. The van der Waals surface area contributed by atoms with Crippen molar-refractivity contribution >= 4 is 5.84 Å². The van der Waals surface area contributed by atoms with E-state index in [9.17, 15) is 8.78 Å². The molecule has 0 unspecified atom stereocenters. The third-order valence-electron chi connectivity index (χ3n) is 1.95. The summed E-state index contributed by atoms with van der Waals surface area (Å²) in [6.07, 6.45) is 0.265. The van der Waals surface area contributed by atoms with Crippen LogP contribution < -0.4 is 10.5 Å². The predicted molar refractivity (Wildman–Crippen MR) is 56.1 cm³/mol. The second-order valence-corrected chi connectivity index (χ2v) is 3.18. The summed E-state index contributed by atoms with van der Waals surface area (Å²) < 4.78 is 31.7. The molecule has 17 heavy (non-hydrogen) atoms. The fourth-order valence-electron chi connectivity index (χ4n) is 1.14. The molecule has 0 saturated heterocycles. The van der Waals surface area contributed by atoms with Gasteiger partial charge in [-0.15, -0.1) is 0 Å². The van der Waals surface area contributed by atoms with E-state index >= 15 is 0 Å². The van der Waals surface area contributed by atoms with Gasteiger partial charge in [0.2, 0.25) is 0 Å². The number of amidine groups is 1. The summed E-state index contributed by atoms with van der Waals surface area (Å²) in [6, 6.07) is 1.79. The fourth-order valence-corrected chi connectivity index (χ4v) is 1.14. The SMILES string of the molecule is N/C(=N/O)c1cc(F)c(OCCCO)c(F)c1. The van der Waals surface area contributed by atoms with Crippen molar-refractivity contribution in [2.45, 2.75) is 6.42 Å². The molecule has 1 aromatic rings. The van der Waals surface area contributed by atoms with Gasteiger partial charge in [0.25, 0.3) is 0 Å². The van der Waals surface area contributed by atoms with Gasteiger partial charge in [-0.25, -0.2) is 8.78 Å². The molecule has 0 bridgehead atoms. The van der Waals surface area contributed by atoms with Gasteiger partial charge >= 0.3 is 0 Å². The molecule has 0 amide bonds. The lowest BCUT2D eigenvalue weighted by atomic mass is 10.2. The van der Waals surface area contributed by atoms with Crippen molar-refractivity contribution in [2.75, 3.05) is 13.2 Å². The fraction of sp³-hybridized carbons (Fsp3) is 0.300. The molecule has 7 heteroatoms. The number of hydrogen-bond acceptors (Lipinski definition) is 4. The van der Waals surface area contributed by atoms with Gasteiger partial charge in [-0.3, -0.25) is 0 Å². The van der Waals surface area contributed by atoms with Gasteiger partial charge in [0.1, 0.15) is 0 Å². The van der Waals surface area contributed by atoms with Crippen LogP contribution >= 0.6 is 0 Å². The number of aliphatic hydroxyl groups is 1. The Kier molecular flexibility index (Phi) is 4.65. The van der Waals surface area contributed by atoms with E-state index in [-0.39, 0.29) is 25.2 Å². The van der Waals surface area contributed by atoms with Crippen LogP contribution in [0.5, 0.6) is 5.75 Å². The molecule has 1 rings (SSSR count). The van der Waals surface area contributed by atoms with Crippen LogP contribution in [0, 0.1) is 11.6 Å². The van der Waals surface area contributed by atoms with Crippen molar-refractivity contribution < 1.29 is 23.8 Å². The average molecular weight is 246 g/mol. The van der Waals surface area contributed by atoms with Crippen molar-refractivity contribution in [3.8, 4) is 5.75 Å². The molecule has 0 aliphatic heterocycles. The molecule has 0 heterocycles. The average Bonchev–Trinajstić information content (AvgIpc) is 2.31. The molecular formula is C10H12F2N2O3. The van der Waals surface area contributed by atoms with Gasteiger partial charge in [0, 0.05) is 18.6 Å². The Bertz CT molecular complexity index is 401. The number of nitrogens with two attached hydrogens (primary N) is 1. The van der Waals surface area contributed by atoms with Gasteiger partial charge in [-0.1, -0.05) is 5.16 Å². The second kappa shape index (κ2) is 6.00. The number of hydrogen-bond donors (Lipinski definition) is 3. The van der Waals surface area contributed by atoms with Crippen LogP contribution in [0.2, 0.25) is 0 Å². The quantitative estimate of drug-likeness (QED) is 0.236. The lowest BCUT2D eigenvalue weighted by molar-refractivity contribution is 0.222. The minimum Gasteiger partial charge on any atom is -0.488 e. The van der Waals surface area contributed by atoms with Crippen molar-refractivity contribution in [1.82, 2.24) is 0 Å². The summed E-state index contributed by atoms with van der Waals surface area (Å²) in [7, 11) is 0. The first-order valence-electron chi connectivity index (χ1n) is 4.80. The number of benzene rings is 1. The summed E-state index contributed by atoms with van der Waals surface area (Å²) in [5.74, 6) is -2.85. The van der Waals surface area contributed by atoms with Gasteiger partial charge in [-0.05, 0) is 12.1 Å². The number of ether oxygens (including phenoxy) is 1. The summed E-state index contributed by atoms with van der Waals surface area (Å²) in [4.78, 5) is 0. The lowest BCUT2D eigenvalue weighted by Gasteiger charge is -2.09. The highest BCUT2D eigenvalue weighted by molar-refractivity contribution is 5.97. The number of nitrogens with zero attached hydrogens (tertiary/aromatic N) is 1. The van der Waals surface area contributed by atoms with E-state index in [4.69, 9.17) is 20.8 Å². The van der Waals surface area contributed by atoms with Crippen LogP contribution in [0.25, 0.3) is 0 Å². The van der Waals surface area contributed by atoms with E-state index in [1.807, 2.05) is 0 Å². The first kappa shape index (κ1) is 13.2. The van der Waals surface area contributed by atoms with E-state index < -0.39 is 23.2 Å². The minimum absolute atomic E-state index is 0.00669. The van der Waals surface area contributed by atoms with Gasteiger partial charge in [0.05, 0.1) is 6.61 Å². The molecule has 0 radical (unpaired) electrons. The Morgan fingerprint density at radius 2 is 1.94 bits per heavy atom. The molecule has 5 nitrogen and oxygen atoms in total. The van der Waals surface area contributed by atoms with E-state index in [1.165, 1.54) is 0 Å². The summed E-state index contributed by atoms with van der Waals surface area (Å²) in [6.45, 7) is -0.140. The molecule has 1 aromatic carbocycles. The Balaban J connectivity index is 2.94. The Labute approximate surface area is 96.1 Å². The van der Waals surface area contributed by atoms with Crippen LogP contribution in [-0.2, 0) is 0 Å². The highest BCUT2D eigenvalue weighted by Crippen LogP contribution is 2.23. The van der Waals surface area contributed by atoms with Crippen LogP contribution in [-0.4, -0.2) is 29.4 Å². The van der Waals surface area contributed by atoms with Crippen LogP contribution in [0.4, 0.5) is 8.78 Å². The van der Waals surface area contributed by atoms with Crippen molar-refractivity contribution in [2.24, 2.45) is 10.9 Å². The first-order chi connectivity index (χ1) is 8.10. The smallest absolute Gasteiger partial charge is 0.190 e. The van der Waals surface area contributed by atoms with Crippen LogP contribution in [0.15, 0.2) is 17.3 Å². The molecule has 0 saturated carbocycles. The maximum Gasteiger partial charge on any atom is 0.190 e. The van der Waals surface area contributed by atoms with E-state index in [0.717, 1.165) is 12.1 Å². The van der Waals surface area contributed by atoms with Crippen molar-refractivity contribution in [3.63, 3.8) is 0 Å². The van der Waals surface area contributed by atoms with Crippen molar-refractivity contribution in [1.29, 1.82) is 0 Å². The zero-order valence-electron chi connectivity index (χ0n) is 8.86. The van der Waals surface area contributed by atoms with Gasteiger partial charge < -0.3 is 20.8 Å². The predicted octanol–water partition coefficient (Wildman–Crippen LogP) is 0.821. The Morgan fingerprint density at radius 3 is 2.41 bits per heavy atom. The topological polar surface area (TPSA) is 88.1 Å². The monoisotopic (exact) mass is 246 g/mol. The van der Waals surface area contributed by atoms with Gasteiger partial charge in [0.15, 0.2) is 23.2 Å². The van der Waals surface area contributed by atoms with Crippen molar-refractivity contribution in [3.05, 3.63) is 29.3 Å². The number of rotatable bonds is 5. The second-order valence-electron chi connectivity index (χ2n) is 3.18. The summed E-state index contributed by atoms with van der Waals surface area (Å²) >= 11 is 0. The Morgan fingerprint density at radius 1 is 1.35 bits per heavy atom. The van der Waals surface area contributed by atoms with Crippen LogP contribution in [0.3, 0.4) is 0 Å². The molecule has 4 N–H and O–H groups in total. The minimum atomic E-state index is -0.954. The zero-order valence-corrected chi connectivity index (χ0v) is 8.86. The zero-order chi connectivity index (χ0) is 12.8. The standard InChI is InChI=1S/C10H12F2N2O3/c11-7-4-6(10(13)14-16)5-8(12)9(7)17-3-1-2-15/h4-5,15-16H,1-3H2,(H2,13,14). The molecule has 0 aliphatic carbocycles. The molecule has 0 aliphatic rings. The molecule has 0 fully saturated rings. The first-order valence-corrected chi connectivity index (χ1v) is 4.80. The largest absolute Gasteiger partial charge is 0.488 e. The Hall–Kier alpha value is -1.89. The lowest BCUT2D eigenvalue weighted by Crippen LogP contribution is -2.14. The maximum atomic E-state index is 13.4. The molecule has 0 atom stereocenters. The number of aliphatic hydroxyl groups excluding tert-OH is 1. The van der Waals surface area contributed by atoms with E-state index in [1.54, 1.807) is 0 Å². The third-order valence-corrected chi connectivity index (χ3v) is 1.95. The molecule has 0 aromatic heterocycles. The highest BCUT2D eigenvalue weighted by atomic mass is 19.1. The summed E-state index contributed by atoms with van der Waals surface area (Å²) in [5.41, 5.74) is 5.11. The highest BCUT2D eigenvalue weighted by Gasteiger charge is 2.14. The normalized spacial score (nSPS) is 11.6. The number of oxime groups is 1. The van der Waals surface area contributed by atoms with Gasteiger partial charge in [-0.2, -0.15) is 0 Å². The molecular weight excluding hydrogens is 234 g/mol. The molecule has 0 spiro atoms. The van der Waals surface area contributed by atoms with E-state index in [2.05, 4.69) is 5.16 Å².